The van der Waals surface area contributed by atoms with Crippen molar-refractivity contribution in [2.75, 3.05) is 20.3 Å². The molecule has 2 unspecified atom stereocenters. The fourth-order valence-corrected chi connectivity index (χ4v) is 2.05. The van der Waals surface area contributed by atoms with Crippen molar-refractivity contribution in [3.05, 3.63) is 0 Å². The molecule has 0 bridgehead atoms. The largest absolute Gasteiger partial charge is 0.469 e. The van der Waals surface area contributed by atoms with E-state index in [-0.39, 0.29) is 17.9 Å². The lowest BCUT2D eigenvalue weighted by molar-refractivity contribution is -0.147. The second kappa shape index (κ2) is 7.27. The molecule has 1 saturated heterocycles. The van der Waals surface area contributed by atoms with Crippen LogP contribution in [0, 0.1) is 5.92 Å². The molecular formula is C12H21NO4. The molecule has 17 heavy (non-hydrogen) atoms. The van der Waals surface area contributed by atoms with Gasteiger partial charge in [-0.3, -0.25) is 9.59 Å². The summed E-state index contributed by atoms with van der Waals surface area (Å²) in [6.07, 6.45) is 2.94. The van der Waals surface area contributed by atoms with Gasteiger partial charge in [0.1, 0.15) is 0 Å². The lowest BCUT2D eigenvalue weighted by atomic mass is 9.92. The number of nitrogens with one attached hydrogen (secondary N) is 1. The van der Waals surface area contributed by atoms with E-state index >= 15 is 0 Å². The minimum absolute atomic E-state index is 0.0427. The van der Waals surface area contributed by atoms with Gasteiger partial charge < -0.3 is 14.8 Å². The first-order valence-electron chi connectivity index (χ1n) is 6.14. The number of piperidine rings is 1. The maximum atomic E-state index is 11.3. The van der Waals surface area contributed by atoms with Crippen LogP contribution in [0.3, 0.4) is 0 Å². The van der Waals surface area contributed by atoms with E-state index in [0.29, 0.717) is 25.6 Å². The summed E-state index contributed by atoms with van der Waals surface area (Å²) in [6.45, 7) is 2.87. The van der Waals surface area contributed by atoms with Crippen LogP contribution in [0.1, 0.15) is 32.6 Å². The summed E-state index contributed by atoms with van der Waals surface area (Å²) in [5.74, 6) is -0.343. The zero-order valence-corrected chi connectivity index (χ0v) is 10.5. The summed E-state index contributed by atoms with van der Waals surface area (Å²) in [5.41, 5.74) is 0. The van der Waals surface area contributed by atoms with Crippen molar-refractivity contribution in [3.8, 4) is 0 Å². The van der Waals surface area contributed by atoms with Gasteiger partial charge in [0.15, 0.2) is 0 Å². The zero-order chi connectivity index (χ0) is 12.7. The van der Waals surface area contributed by atoms with Crippen LogP contribution in [-0.2, 0) is 19.1 Å². The standard InChI is InChI=1S/C12H21NO4/c1-3-17-11(14)7-6-10-5-4-9(8-13-10)12(15)16-2/h9-10,13H,3-8H2,1-2H3. The van der Waals surface area contributed by atoms with Crippen molar-refractivity contribution < 1.29 is 19.1 Å². The second-order valence-corrected chi connectivity index (χ2v) is 4.25. The number of ether oxygens (including phenoxy) is 2. The van der Waals surface area contributed by atoms with Gasteiger partial charge in [-0.1, -0.05) is 0 Å². The molecule has 5 nitrogen and oxygen atoms in total. The quantitative estimate of drug-likeness (QED) is 0.726. The van der Waals surface area contributed by atoms with Crippen LogP contribution in [-0.4, -0.2) is 38.2 Å². The monoisotopic (exact) mass is 243 g/mol. The van der Waals surface area contributed by atoms with Crippen molar-refractivity contribution in [2.45, 2.75) is 38.6 Å². The third-order valence-corrected chi connectivity index (χ3v) is 3.05. The molecule has 98 valence electrons. The highest BCUT2D eigenvalue weighted by molar-refractivity contribution is 5.72. The van der Waals surface area contributed by atoms with E-state index in [9.17, 15) is 9.59 Å². The van der Waals surface area contributed by atoms with Gasteiger partial charge in [0, 0.05) is 19.0 Å². The average molecular weight is 243 g/mol. The van der Waals surface area contributed by atoms with Crippen molar-refractivity contribution in [1.82, 2.24) is 5.32 Å². The molecule has 0 amide bonds. The molecular weight excluding hydrogens is 222 g/mol. The fourth-order valence-electron chi connectivity index (χ4n) is 2.05. The summed E-state index contributed by atoms with van der Waals surface area (Å²) in [6, 6.07) is 0.306. The van der Waals surface area contributed by atoms with Gasteiger partial charge in [-0.15, -0.1) is 0 Å². The molecule has 1 aliphatic heterocycles. The van der Waals surface area contributed by atoms with Gasteiger partial charge in [-0.2, -0.15) is 0 Å². The Morgan fingerprint density at radius 1 is 1.35 bits per heavy atom. The van der Waals surface area contributed by atoms with Gasteiger partial charge in [0.05, 0.1) is 19.6 Å². The minimum Gasteiger partial charge on any atom is -0.469 e. The summed E-state index contributed by atoms with van der Waals surface area (Å²) in [5, 5.41) is 3.27. The molecule has 0 aliphatic carbocycles. The maximum absolute atomic E-state index is 11.3. The van der Waals surface area contributed by atoms with Crippen molar-refractivity contribution in [2.24, 2.45) is 5.92 Å². The molecule has 0 saturated carbocycles. The minimum atomic E-state index is -0.152. The first-order valence-corrected chi connectivity index (χ1v) is 6.14. The average Bonchev–Trinajstić information content (AvgIpc) is 2.36. The fraction of sp³-hybridized carbons (Fsp3) is 0.833. The van der Waals surface area contributed by atoms with E-state index < -0.39 is 0 Å². The highest BCUT2D eigenvalue weighted by atomic mass is 16.5. The maximum Gasteiger partial charge on any atom is 0.309 e. The predicted octanol–water partition coefficient (Wildman–Crippen LogP) is 0.871. The SMILES string of the molecule is CCOC(=O)CCC1CCC(C(=O)OC)CN1. The highest BCUT2D eigenvalue weighted by Gasteiger charge is 2.26. The Bertz CT molecular complexity index is 259. The Hall–Kier alpha value is -1.10. The van der Waals surface area contributed by atoms with Gasteiger partial charge in [-0.25, -0.2) is 0 Å². The normalized spacial score (nSPS) is 24.1. The smallest absolute Gasteiger partial charge is 0.309 e. The zero-order valence-electron chi connectivity index (χ0n) is 10.5. The van der Waals surface area contributed by atoms with E-state index in [0.717, 1.165) is 19.3 Å². The number of carbonyl (C=O) groups is 2. The van der Waals surface area contributed by atoms with Crippen LogP contribution < -0.4 is 5.32 Å². The van der Waals surface area contributed by atoms with E-state index in [1.165, 1.54) is 7.11 Å². The van der Waals surface area contributed by atoms with Crippen LogP contribution in [0.25, 0.3) is 0 Å². The van der Waals surface area contributed by atoms with Crippen LogP contribution >= 0.6 is 0 Å². The molecule has 0 aromatic rings. The number of carbonyl (C=O) groups excluding carboxylic acids is 2. The molecule has 0 aromatic heterocycles. The topological polar surface area (TPSA) is 64.6 Å². The number of rotatable bonds is 5. The number of hydrogen-bond donors (Lipinski definition) is 1. The van der Waals surface area contributed by atoms with Crippen molar-refractivity contribution in [1.29, 1.82) is 0 Å². The first-order chi connectivity index (χ1) is 8.17. The van der Waals surface area contributed by atoms with Crippen LogP contribution in [0.4, 0.5) is 0 Å². The molecule has 1 heterocycles. The molecule has 0 aromatic carbocycles. The molecule has 0 spiro atoms. The molecule has 0 radical (unpaired) electrons. The van der Waals surface area contributed by atoms with Crippen LogP contribution in [0.5, 0.6) is 0 Å². The predicted molar refractivity (Wildman–Crippen MR) is 62.4 cm³/mol. The molecule has 1 fully saturated rings. The summed E-state index contributed by atoms with van der Waals surface area (Å²) < 4.78 is 9.57. The number of esters is 2. The third kappa shape index (κ3) is 4.73. The number of methoxy groups -OCH3 is 1. The molecule has 1 aliphatic rings. The van der Waals surface area contributed by atoms with Gasteiger partial charge in [-0.05, 0) is 26.2 Å². The van der Waals surface area contributed by atoms with E-state index in [1.807, 2.05) is 0 Å². The lowest BCUT2D eigenvalue weighted by Crippen LogP contribution is -2.42. The third-order valence-electron chi connectivity index (χ3n) is 3.05. The Kier molecular flexibility index (Phi) is 5.97. The second-order valence-electron chi connectivity index (χ2n) is 4.25. The van der Waals surface area contributed by atoms with E-state index in [1.54, 1.807) is 6.92 Å². The Balaban J connectivity index is 2.19. The molecule has 5 heteroatoms. The van der Waals surface area contributed by atoms with Crippen molar-refractivity contribution in [3.63, 3.8) is 0 Å². The lowest BCUT2D eigenvalue weighted by Gasteiger charge is -2.28. The molecule has 1 N–H and O–H groups in total. The Morgan fingerprint density at radius 2 is 2.12 bits per heavy atom. The molecule has 2 atom stereocenters. The van der Waals surface area contributed by atoms with Crippen LogP contribution in [0.2, 0.25) is 0 Å². The summed E-state index contributed by atoms with van der Waals surface area (Å²) >= 11 is 0. The van der Waals surface area contributed by atoms with Crippen LogP contribution in [0.15, 0.2) is 0 Å². The summed E-state index contributed by atoms with van der Waals surface area (Å²) in [7, 11) is 1.41. The first kappa shape index (κ1) is 14.0. The Morgan fingerprint density at radius 3 is 2.65 bits per heavy atom. The van der Waals surface area contributed by atoms with Crippen molar-refractivity contribution >= 4 is 11.9 Å². The van der Waals surface area contributed by atoms with Gasteiger partial charge >= 0.3 is 11.9 Å². The van der Waals surface area contributed by atoms with E-state index in [2.05, 4.69) is 5.32 Å². The van der Waals surface area contributed by atoms with Gasteiger partial charge in [0.2, 0.25) is 0 Å². The Labute approximate surface area is 102 Å². The number of hydrogen-bond acceptors (Lipinski definition) is 5. The summed E-state index contributed by atoms with van der Waals surface area (Å²) in [4.78, 5) is 22.5. The van der Waals surface area contributed by atoms with Gasteiger partial charge in [0.25, 0.3) is 0 Å². The van der Waals surface area contributed by atoms with E-state index in [4.69, 9.17) is 9.47 Å². The molecule has 1 rings (SSSR count). The highest BCUT2D eigenvalue weighted by Crippen LogP contribution is 2.18.